The summed E-state index contributed by atoms with van der Waals surface area (Å²) < 4.78 is 0. The minimum absolute atomic E-state index is 0. The molecular formula is C44H42IrN-. The van der Waals surface area contributed by atoms with E-state index in [1.165, 1.54) is 81.1 Å². The van der Waals surface area contributed by atoms with Crippen LogP contribution in [0.1, 0.15) is 70.1 Å². The van der Waals surface area contributed by atoms with Crippen molar-refractivity contribution in [3.8, 4) is 44.6 Å². The number of nitrogens with zero attached hydrogens (tertiary/aromatic N) is 1. The van der Waals surface area contributed by atoms with Gasteiger partial charge >= 0.3 is 0 Å². The number of benzene rings is 5. The molecule has 1 aromatic heterocycles. The Kier molecular flexibility index (Phi) is 9.41. The van der Waals surface area contributed by atoms with Crippen LogP contribution >= 0.6 is 0 Å². The van der Waals surface area contributed by atoms with Crippen LogP contribution in [0, 0.1) is 12.0 Å². The van der Waals surface area contributed by atoms with E-state index in [4.69, 9.17) is 4.98 Å². The number of rotatable bonds is 9. The van der Waals surface area contributed by atoms with Gasteiger partial charge in [0, 0.05) is 25.5 Å². The van der Waals surface area contributed by atoms with Gasteiger partial charge in [-0.25, -0.2) is 0 Å². The van der Waals surface area contributed by atoms with Crippen LogP contribution in [0.3, 0.4) is 0 Å². The van der Waals surface area contributed by atoms with E-state index in [1.54, 1.807) is 0 Å². The summed E-state index contributed by atoms with van der Waals surface area (Å²) in [6, 6.07) is 45.9. The molecule has 0 N–H and O–H groups in total. The predicted octanol–water partition coefficient (Wildman–Crippen LogP) is 12.1. The van der Waals surface area contributed by atoms with E-state index in [-0.39, 0.29) is 25.5 Å². The van der Waals surface area contributed by atoms with Crippen molar-refractivity contribution >= 4 is 10.9 Å². The molecule has 7 rings (SSSR count). The molecule has 1 nitrogen and oxygen atoms in total. The van der Waals surface area contributed by atoms with Crippen molar-refractivity contribution in [2.24, 2.45) is 5.92 Å². The maximum absolute atomic E-state index is 5.25. The van der Waals surface area contributed by atoms with Crippen molar-refractivity contribution in [3.05, 3.63) is 138 Å². The normalized spacial score (nSPS) is 13.6. The minimum Gasteiger partial charge on any atom is -0.296 e. The monoisotopic (exact) mass is 777 g/mol. The Balaban J connectivity index is 0.00000372. The first-order valence-electron chi connectivity index (χ1n) is 16.7. The molecule has 1 aliphatic rings. The summed E-state index contributed by atoms with van der Waals surface area (Å²) >= 11 is 0. The predicted molar refractivity (Wildman–Crippen MR) is 191 cm³/mol. The first kappa shape index (κ1) is 32.1. The van der Waals surface area contributed by atoms with Crippen LogP contribution in [0.5, 0.6) is 0 Å². The van der Waals surface area contributed by atoms with Gasteiger partial charge in [-0.05, 0) is 69.0 Å². The molecule has 2 heteroatoms. The number of aromatic nitrogens is 1. The Bertz CT molecular complexity index is 1990. The third kappa shape index (κ3) is 6.02. The molecule has 0 bridgehead atoms. The van der Waals surface area contributed by atoms with Crippen LogP contribution in [0.15, 0.2) is 115 Å². The van der Waals surface area contributed by atoms with Crippen molar-refractivity contribution in [2.45, 2.75) is 65.2 Å². The van der Waals surface area contributed by atoms with Gasteiger partial charge in [0.05, 0.1) is 5.52 Å². The first-order valence-corrected chi connectivity index (χ1v) is 16.7. The fraction of sp³-hybridized carbons (Fsp3) is 0.250. The van der Waals surface area contributed by atoms with Gasteiger partial charge in [-0.1, -0.05) is 156 Å². The van der Waals surface area contributed by atoms with Gasteiger partial charge in [0.25, 0.3) is 0 Å². The van der Waals surface area contributed by atoms with Crippen LogP contribution in [-0.4, -0.2) is 4.98 Å². The maximum atomic E-state index is 5.25. The van der Waals surface area contributed by atoms with Crippen molar-refractivity contribution in [1.29, 1.82) is 0 Å². The summed E-state index contributed by atoms with van der Waals surface area (Å²) in [4.78, 5) is 5.25. The van der Waals surface area contributed by atoms with Crippen molar-refractivity contribution in [2.75, 3.05) is 0 Å². The largest absolute Gasteiger partial charge is 0.296 e. The number of hydrogen-bond acceptors (Lipinski definition) is 1. The zero-order valence-corrected chi connectivity index (χ0v) is 29.8. The molecule has 0 spiro atoms. The Hall–Kier alpha value is -3.84. The molecule has 0 aliphatic heterocycles. The van der Waals surface area contributed by atoms with Gasteiger partial charge < -0.3 is 0 Å². The van der Waals surface area contributed by atoms with Crippen LogP contribution in [0.4, 0.5) is 0 Å². The number of pyridine rings is 1. The second-order valence-electron chi connectivity index (χ2n) is 13.3. The topological polar surface area (TPSA) is 12.9 Å². The smallest absolute Gasteiger partial charge is 0.0602 e. The Labute approximate surface area is 288 Å². The van der Waals surface area contributed by atoms with E-state index >= 15 is 0 Å². The Morgan fingerprint density at radius 3 is 2.26 bits per heavy atom. The molecule has 46 heavy (non-hydrogen) atoms. The van der Waals surface area contributed by atoms with Crippen LogP contribution in [0.2, 0.25) is 0 Å². The van der Waals surface area contributed by atoms with Gasteiger partial charge in [0.2, 0.25) is 0 Å². The summed E-state index contributed by atoms with van der Waals surface area (Å²) in [5, 5.41) is 1.18. The van der Waals surface area contributed by atoms with E-state index in [0.717, 1.165) is 29.1 Å². The summed E-state index contributed by atoms with van der Waals surface area (Å²) in [5.74, 6) is 0.750. The summed E-state index contributed by atoms with van der Waals surface area (Å²) in [6.07, 6.45) is 6.28. The van der Waals surface area contributed by atoms with Crippen molar-refractivity contribution < 1.29 is 20.1 Å². The average Bonchev–Trinajstić information content (AvgIpc) is 3.32. The van der Waals surface area contributed by atoms with E-state index < -0.39 is 0 Å². The van der Waals surface area contributed by atoms with E-state index in [1.807, 2.05) is 0 Å². The average molecular weight is 777 g/mol. The summed E-state index contributed by atoms with van der Waals surface area (Å²) in [7, 11) is 0. The van der Waals surface area contributed by atoms with Crippen molar-refractivity contribution in [3.63, 3.8) is 0 Å². The fourth-order valence-corrected chi connectivity index (χ4v) is 7.34. The molecule has 0 amide bonds. The molecule has 233 valence electrons. The molecule has 1 radical (unpaired) electrons. The molecule has 1 unspecified atom stereocenters. The van der Waals surface area contributed by atoms with E-state index in [0.29, 0.717) is 0 Å². The second kappa shape index (κ2) is 13.5. The first-order chi connectivity index (χ1) is 22.0. The fourth-order valence-electron chi connectivity index (χ4n) is 7.34. The number of unbranched alkanes of at least 4 members (excludes halogenated alkanes) is 1. The standard InChI is InChI=1S/C44H42N.Ir/c1-5-7-14-30(6-2)25-31-15-13-18-33(26-31)34-22-24-42-39(27-34)38(32-16-9-8-10-17-32)29-43(45-42)35-21-23-37-36-19-11-12-20-40(36)44(3,4)41(37)28-35;/h8-13,15-20,22-24,26-30H,5-7,14,25H2,1-4H3;/q-1;. The molecule has 0 saturated carbocycles. The van der Waals surface area contributed by atoms with E-state index in [2.05, 4.69) is 149 Å². The Morgan fingerprint density at radius 2 is 1.46 bits per heavy atom. The molecule has 5 aromatic carbocycles. The van der Waals surface area contributed by atoms with E-state index in [9.17, 15) is 0 Å². The van der Waals surface area contributed by atoms with Crippen molar-refractivity contribution in [1.82, 2.24) is 4.98 Å². The molecule has 1 heterocycles. The minimum atomic E-state index is -0.0640. The van der Waals surface area contributed by atoms with Gasteiger partial charge in [-0.2, -0.15) is 0 Å². The quantitative estimate of drug-likeness (QED) is 0.133. The molecule has 0 fully saturated rings. The second-order valence-corrected chi connectivity index (χ2v) is 13.3. The summed E-state index contributed by atoms with van der Waals surface area (Å²) in [6.45, 7) is 9.28. The third-order valence-corrected chi connectivity index (χ3v) is 10.0. The van der Waals surface area contributed by atoms with Gasteiger partial charge in [-0.3, -0.25) is 4.98 Å². The molecular weight excluding hydrogens is 735 g/mol. The van der Waals surface area contributed by atoms with Crippen LogP contribution in [-0.2, 0) is 31.9 Å². The number of hydrogen-bond donors (Lipinski definition) is 0. The number of fused-ring (bicyclic) bond motifs is 4. The zero-order valence-electron chi connectivity index (χ0n) is 27.4. The van der Waals surface area contributed by atoms with Crippen LogP contribution < -0.4 is 0 Å². The SMILES string of the molecule is CCCCC(CC)Cc1cccc(-c2ccc3nc(-c4[c-]cc5c(c4)C(C)(C)c4ccccc4-5)cc(-c4ccccc4)c3c2)c1.[Ir]. The van der Waals surface area contributed by atoms with Gasteiger partial charge in [0.1, 0.15) is 0 Å². The summed E-state index contributed by atoms with van der Waals surface area (Å²) in [5.41, 5.74) is 14.6. The molecule has 1 atom stereocenters. The Morgan fingerprint density at radius 1 is 0.696 bits per heavy atom. The van der Waals surface area contributed by atoms with Gasteiger partial charge in [-0.15, -0.1) is 29.3 Å². The molecule has 1 aliphatic carbocycles. The zero-order chi connectivity index (χ0) is 31.0. The van der Waals surface area contributed by atoms with Gasteiger partial charge in [0.15, 0.2) is 0 Å². The van der Waals surface area contributed by atoms with Crippen LogP contribution in [0.25, 0.3) is 55.5 Å². The molecule has 0 saturated heterocycles. The maximum Gasteiger partial charge on any atom is 0.0602 e. The third-order valence-electron chi connectivity index (χ3n) is 10.0. The molecule has 6 aromatic rings.